The summed E-state index contributed by atoms with van der Waals surface area (Å²) in [7, 11) is 1.51. The van der Waals surface area contributed by atoms with Gasteiger partial charge in [0.1, 0.15) is 23.8 Å². The van der Waals surface area contributed by atoms with E-state index in [9.17, 15) is 23.6 Å². The second-order valence-corrected chi connectivity index (χ2v) is 21.2. The van der Waals surface area contributed by atoms with Crippen molar-refractivity contribution in [3.8, 4) is 22.8 Å². The number of nitrogens with zero attached hydrogens (tertiary/aromatic N) is 4. The van der Waals surface area contributed by atoms with Gasteiger partial charge in [0.05, 0.1) is 23.4 Å². The number of methoxy groups -OCH3 is 1. The highest BCUT2D eigenvalue weighted by molar-refractivity contribution is 7.98. The van der Waals surface area contributed by atoms with Gasteiger partial charge in [0, 0.05) is 84.1 Å². The maximum atomic E-state index is 13.9. The number of pyridine rings is 1. The second kappa shape index (κ2) is 28.2. The van der Waals surface area contributed by atoms with Crippen LogP contribution in [0.15, 0.2) is 175 Å². The Morgan fingerprint density at radius 2 is 1.09 bits per heavy atom. The maximum absolute atomic E-state index is 13.9. The summed E-state index contributed by atoms with van der Waals surface area (Å²) in [5.41, 5.74) is 5.98. The number of piperidine rings is 3. The van der Waals surface area contributed by atoms with Crippen LogP contribution in [-0.4, -0.2) is 95.4 Å². The van der Waals surface area contributed by atoms with Gasteiger partial charge in [-0.1, -0.05) is 78.3 Å². The summed E-state index contributed by atoms with van der Waals surface area (Å²) in [6.07, 6.45) is 9.40. The molecule has 3 saturated heterocycles. The van der Waals surface area contributed by atoms with E-state index in [1.807, 2.05) is 125 Å². The normalized spacial score (nSPS) is 14.8. The van der Waals surface area contributed by atoms with Crippen molar-refractivity contribution in [2.24, 2.45) is 0 Å². The summed E-state index contributed by atoms with van der Waals surface area (Å²) < 4.78 is 25.1. The fourth-order valence-corrected chi connectivity index (χ4v) is 10.5. The van der Waals surface area contributed by atoms with E-state index in [4.69, 9.17) is 21.1 Å². The number of benzene rings is 6. The monoisotopic (exact) mass is 1090 g/mol. The van der Waals surface area contributed by atoms with Crippen LogP contribution in [0.1, 0.15) is 111 Å². The molecule has 0 aliphatic carbocycles. The van der Waals surface area contributed by atoms with E-state index in [1.165, 1.54) is 25.5 Å². The molecule has 14 heteroatoms. The molecule has 78 heavy (non-hydrogen) atoms. The first-order chi connectivity index (χ1) is 37.9. The molecule has 4 heterocycles. The Labute approximate surface area is 467 Å². The number of alkyl halides is 1. The molecule has 1 aromatic heterocycles. The summed E-state index contributed by atoms with van der Waals surface area (Å²) >= 11 is 7.89. The summed E-state index contributed by atoms with van der Waals surface area (Å²) in [5.74, 6) is 2.03. The standard InChI is InChI=1S/C24H24N2O2.C21H23FN2O3.C19H20ClNOS/c27-24(26-16-6-1-7-17-26)20-13-11-19(12-14-20)18-28-23-10-3-2-8-21(23)22-9-4-5-15-25-22;1-21(22)11-13-24(14-12-21)20(26)15-7-9-16(10-8-15)23-19(25)17-5-3-4-6-18(17)27-2;20-17-6-2-3-7-18(17)23-14-15-8-10-16(11-9-15)19(22)21-12-4-1-5-13-21/h2-5,8-15H,1,6-7,16-18H2;3-10H,11-14H2,1-2H3,(H,23,25);2-3,6-11H,1,4-5,12-14H2. The molecule has 3 aliphatic heterocycles. The largest absolute Gasteiger partial charge is 0.496 e. The Balaban J connectivity index is 0.000000155. The van der Waals surface area contributed by atoms with Crippen molar-refractivity contribution < 1.29 is 33.0 Å². The third kappa shape index (κ3) is 16.0. The van der Waals surface area contributed by atoms with E-state index in [2.05, 4.69) is 10.3 Å². The van der Waals surface area contributed by atoms with Gasteiger partial charge in [-0.15, -0.1) is 11.8 Å². The number of halogens is 2. The topological polar surface area (TPSA) is 121 Å². The Morgan fingerprint density at radius 3 is 1.65 bits per heavy atom. The zero-order chi connectivity index (χ0) is 54.7. The van der Waals surface area contributed by atoms with E-state index in [1.54, 1.807) is 78.3 Å². The van der Waals surface area contributed by atoms with Crippen LogP contribution >= 0.6 is 23.4 Å². The van der Waals surface area contributed by atoms with Crippen LogP contribution in [0.25, 0.3) is 11.3 Å². The van der Waals surface area contributed by atoms with Gasteiger partial charge in [-0.3, -0.25) is 24.2 Å². The van der Waals surface area contributed by atoms with E-state index in [-0.39, 0.29) is 23.6 Å². The lowest BCUT2D eigenvalue weighted by Gasteiger charge is -2.34. The Bertz CT molecular complexity index is 3070. The van der Waals surface area contributed by atoms with Crippen molar-refractivity contribution in [3.05, 3.63) is 208 Å². The van der Waals surface area contributed by atoms with Crippen molar-refractivity contribution in [2.45, 2.75) is 81.2 Å². The SMILES string of the molecule is COc1ccccc1C(=O)Nc1ccc(C(=O)N2CCC(C)(F)CC2)cc1.O=C(c1ccc(COc2ccccc2-c2ccccn2)cc1)N1CCCCC1.O=C(c1ccc(CSc2ccccc2Cl)cc1)N1CCCCC1. The summed E-state index contributed by atoms with van der Waals surface area (Å²) in [6.45, 7) is 6.38. The van der Waals surface area contributed by atoms with Crippen LogP contribution in [0.3, 0.4) is 0 Å². The number of carbonyl (C=O) groups is 4. The molecule has 4 amide bonds. The molecular weight excluding hydrogens is 1020 g/mol. The zero-order valence-electron chi connectivity index (χ0n) is 44.4. The average molecular weight is 1090 g/mol. The van der Waals surface area contributed by atoms with Crippen LogP contribution < -0.4 is 14.8 Å². The molecule has 0 saturated carbocycles. The Kier molecular flexibility index (Phi) is 20.5. The van der Waals surface area contributed by atoms with Gasteiger partial charge in [-0.05, 0) is 166 Å². The molecule has 6 aromatic carbocycles. The van der Waals surface area contributed by atoms with Crippen LogP contribution in [-0.2, 0) is 12.4 Å². The van der Waals surface area contributed by atoms with E-state index >= 15 is 0 Å². The predicted octanol–water partition coefficient (Wildman–Crippen LogP) is 14.1. The van der Waals surface area contributed by atoms with Gasteiger partial charge in [-0.2, -0.15) is 0 Å². The molecular formula is C64H67ClFN5O6S. The van der Waals surface area contributed by atoms with Gasteiger partial charge in [0.15, 0.2) is 0 Å². The number of anilines is 1. The van der Waals surface area contributed by atoms with Gasteiger partial charge >= 0.3 is 0 Å². The second-order valence-electron chi connectivity index (χ2n) is 19.8. The van der Waals surface area contributed by atoms with E-state index in [0.29, 0.717) is 55.1 Å². The molecule has 11 nitrogen and oxygen atoms in total. The van der Waals surface area contributed by atoms with Crippen molar-refractivity contribution in [1.29, 1.82) is 0 Å². The minimum absolute atomic E-state index is 0.117. The van der Waals surface area contributed by atoms with E-state index in [0.717, 1.165) is 101 Å². The number of hydrogen-bond acceptors (Lipinski definition) is 8. The highest BCUT2D eigenvalue weighted by Gasteiger charge is 2.32. The smallest absolute Gasteiger partial charge is 0.259 e. The molecule has 0 unspecified atom stereocenters. The molecule has 0 radical (unpaired) electrons. The molecule has 0 bridgehead atoms. The molecule has 3 fully saturated rings. The molecule has 1 N–H and O–H groups in total. The van der Waals surface area contributed by atoms with E-state index < -0.39 is 5.67 Å². The lowest BCUT2D eigenvalue weighted by molar-refractivity contribution is 0.0503. The number of aromatic nitrogens is 1. The van der Waals surface area contributed by atoms with Crippen molar-refractivity contribution in [2.75, 3.05) is 51.7 Å². The minimum Gasteiger partial charge on any atom is -0.496 e. The molecule has 3 aliphatic rings. The maximum Gasteiger partial charge on any atom is 0.259 e. The molecule has 10 rings (SSSR count). The summed E-state index contributed by atoms with van der Waals surface area (Å²) in [6, 6.07) is 51.0. The minimum atomic E-state index is -1.19. The zero-order valence-corrected chi connectivity index (χ0v) is 46.0. The Morgan fingerprint density at radius 1 is 0.590 bits per heavy atom. The number of para-hydroxylation sites is 2. The number of amides is 4. The number of hydrogen-bond donors (Lipinski definition) is 1. The number of thioether (sulfide) groups is 1. The summed E-state index contributed by atoms with van der Waals surface area (Å²) in [5, 5.41) is 3.58. The first kappa shape index (κ1) is 56.7. The van der Waals surface area contributed by atoms with Crippen molar-refractivity contribution in [3.63, 3.8) is 0 Å². The van der Waals surface area contributed by atoms with Crippen LogP contribution in [0.5, 0.6) is 11.5 Å². The highest BCUT2D eigenvalue weighted by atomic mass is 35.5. The van der Waals surface area contributed by atoms with Gasteiger partial charge in [-0.25, -0.2) is 4.39 Å². The van der Waals surface area contributed by atoms with Crippen LogP contribution in [0.4, 0.5) is 10.1 Å². The van der Waals surface area contributed by atoms with Gasteiger partial charge < -0.3 is 29.5 Å². The first-order valence-electron chi connectivity index (χ1n) is 26.7. The van der Waals surface area contributed by atoms with Gasteiger partial charge in [0.2, 0.25) is 0 Å². The molecule has 404 valence electrons. The third-order valence-electron chi connectivity index (χ3n) is 14.0. The van der Waals surface area contributed by atoms with Crippen LogP contribution in [0, 0.1) is 0 Å². The number of nitrogens with one attached hydrogen (secondary N) is 1. The quantitative estimate of drug-likeness (QED) is 0.113. The van der Waals surface area contributed by atoms with Crippen LogP contribution in [0.2, 0.25) is 5.02 Å². The van der Waals surface area contributed by atoms with Crippen molar-refractivity contribution >= 4 is 52.7 Å². The third-order valence-corrected chi connectivity index (χ3v) is 15.6. The van der Waals surface area contributed by atoms with Gasteiger partial charge in [0.25, 0.3) is 23.6 Å². The Hall–Kier alpha value is -7.48. The lowest BCUT2D eigenvalue weighted by Crippen LogP contribution is -2.43. The number of carbonyl (C=O) groups excluding carboxylic acids is 4. The average Bonchev–Trinajstić information content (AvgIpc) is 3.50. The number of likely N-dealkylation sites (tertiary alicyclic amines) is 3. The molecule has 7 aromatic rings. The van der Waals surface area contributed by atoms with Crippen molar-refractivity contribution in [1.82, 2.24) is 19.7 Å². The number of ether oxygens (including phenoxy) is 2. The predicted molar refractivity (Wildman–Crippen MR) is 309 cm³/mol. The fourth-order valence-electron chi connectivity index (χ4n) is 9.34. The fraction of sp³-hybridized carbons (Fsp3) is 0.297. The number of rotatable bonds is 13. The first-order valence-corrected chi connectivity index (χ1v) is 28.1. The molecule has 0 spiro atoms. The summed E-state index contributed by atoms with van der Waals surface area (Å²) in [4.78, 5) is 61.1. The molecule has 0 atom stereocenters. The lowest BCUT2D eigenvalue weighted by atomic mass is 9.95. The highest BCUT2D eigenvalue weighted by Crippen LogP contribution is 2.31.